The zero-order chi connectivity index (χ0) is 51.1. The Morgan fingerprint density at radius 2 is 1.00 bits per heavy atom. The van der Waals surface area contributed by atoms with Gasteiger partial charge in [0.2, 0.25) is 0 Å². The van der Waals surface area contributed by atoms with E-state index in [9.17, 15) is 0 Å². The van der Waals surface area contributed by atoms with Crippen molar-refractivity contribution in [1.29, 1.82) is 0 Å². The van der Waals surface area contributed by atoms with Gasteiger partial charge in [-0.05, 0) is 145 Å². The lowest BCUT2D eigenvalue weighted by Gasteiger charge is -2.35. The van der Waals surface area contributed by atoms with E-state index in [0.717, 1.165) is 29.9 Å². The summed E-state index contributed by atoms with van der Waals surface area (Å²) < 4.78 is 2.60. The highest BCUT2D eigenvalue weighted by molar-refractivity contribution is 6.19. The molecule has 13 aromatic rings. The number of fused-ring (bicyclic) bond motifs is 12. The summed E-state index contributed by atoms with van der Waals surface area (Å²) in [5, 5.41) is 5.13. The summed E-state index contributed by atoms with van der Waals surface area (Å²) in [4.78, 5) is 2.60. The number of aromatic nitrogens is 1. The molecular formula is C76H52N2. The van der Waals surface area contributed by atoms with Crippen LogP contribution >= 0.6 is 0 Å². The molecule has 0 atom stereocenters. The van der Waals surface area contributed by atoms with Crippen LogP contribution in [0.15, 0.2) is 267 Å². The zero-order valence-electron chi connectivity index (χ0n) is 43.1. The average molecular weight is 993 g/mol. The molecule has 1 fully saturated rings. The molecule has 2 heterocycles. The quantitative estimate of drug-likeness (QED) is 0.154. The zero-order valence-corrected chi connectivity index (χ0v) is 43.1. The summed E-state index contributed by atoms with van der Waals surface area (Å²) in [5.41, 5.74) is 27.5. The van der Waals surface area contributed by atoms with Crippen LogP contribution in [0.4, 0.5) is 17.1 Å². The summed E-state index contributed by atoms with van der Waals surface area (Å²) in [6.07, 6.45) is 4.75. The van der Waals surface area contributed by atoms with Crippen LogP contribution in [-0.2, 0) is 10.8 Å². The Hall–Kier alpha value is -9.50. The second-order valence-electron chi connectivity index (χ2n) is 22.2. The van der Waals surface area contributed by atoms with E-state index in [1.807, 2.05) is 0 Å². The maximum Gasteiger partial charge on any atom is 0.0714 e. The molecule has 3 aliphatic carbocycles. The first-order valence-electron chi connectivity index (χ1n) is 27.9. The van der Waals surface area contributed by atoms with Gasteiger partial charge < -0.3 is 9.47 Å². The summed E-state index contributed by atoms with van der Waals surface area (Å²) >= 11 is 0. The van der Waals surface area contributed by atoms with Gasteiger partial charge in [0, 0.05) is 44.1 Å². The van der Waals surface area contributed by atoms with Crippen molar-refractivity contribution in [3.05, 3.63) is 300 Å². The lowest BCUT2D eigenvalue weighted by atomic mass is 9.68. The van der Waals surface area contributed by atoms with Crippen LogP contribution in [0, 0.1) is 0 Å². The first-order chi connectivity index (χ1) is 38.7. The Kier molecular flexibility index (Phi) is 9.25. The number of para-hydroxylation sites is 3. The Morgan fingerprint density at radius 1 is 0.346 bits per heavy atom. The van der Waals surface area contributed by atoms with Crippen LogP contribution in [0.5, 0.6) is 0 Å². The van der Waals surface area contributed by atoms with Gasteiger partial charge in [-0.25, -0.2) is 0 Å². The lowest BCUT2D eigenvalue weighted by molar-refractivity contribution is 0.550. The van der Waals surface area contributed by atoms with Gasteiger partial charge >= 0.3 is 0 Å². The van der Waals surface area contributed by atoms with Gasteiger partial charge in [-0.2, -0.15) is 0 Å². The maximum atomic E-state index is 2.64. The molecule has 0 bridgehead atoms. The first kappa shape index (κ1) is 43.7. The molecule has 0 amide bonds. The van der Waals surface area contributed by atoms with E-state index < -0.39 is 5.41 Å². The van der Waals surface area contributed by atoms with Gasteiger partial charge in [0.25, 0.3) is 0 Å². The number of nitrogens with zero attached hydrogens (tertiary/aromatic N) is 2. The third-order valence-corrected chi connectivity index (χ3v) is 18.5. The van der Waals surface area contributed by atoms with Crippen molar-refractivity contribution in [2.24, 2.45) is 0 Å². The fraction of sp³-hybridized carbons (Fsp3) is 0.0789. The van der Waals surface area contributed by atoms with E-state index in [-0.39, 0.29) is 5.41 Å². The monoisotopic (exact) mass is 992 g/mol. The van der Waals surface area contributed by atoms with Crippen LogP contribution in [0.1, 0.15) is 59.1 Å². The fourth-order valence-electron chi connectivity index (χ4n) is 15.3. The highest BCUT2D eigenvalue weighted by atomic mass is 15.1. The normalized spacial score (nSPS) is 14.7. The Balaban J connectivity index is 0.953. The molecule has 4 aliphatic rings. The van der Waals surface area contributed by atoms with E-state index in [4.69, 9.17) is 0 Å². The standard InChI is InChI=1S/C76H52N2/c1-3-24-54(25-4-1)76(55-26-5-2-6-27-55)63-33-13-9-32-61(63)71-65(76)34-20-38-70(71)77(56-28-19-23-51(46-56)52-40-39-49-21-7-8-22-50(49)45-52)67-35-14-10-29-57(67)53-47-62-59-31-12-16-37-69(59)78-68-36-15-11-30-58(68)60-41-42-64-73(74(60)78)72(62)66(48-53)75(64)43-17-18-44-75/h1-16,19-42,45-48H,17-18,43-44H2. The Bertz CT molecular complexity index is 4590. The molecule has 366 valence electrons. The summed E-state index contributed by atoms with van der Waals surface area (Å²) in [6, 6.07) is 101. The molecule has 1 aliphatic heterocycles. The fourth-order valence-corrected chi connectivity index (χ4v) is 15.3. The van der Waals surface area contributed by atoms with Crippen LogP contribution in [0.2, 0.25) is 0 Å². The van der Waals surface area contributed by atoms with E-state index >= 15 is 0 Å². The summed E-state index contributed by atoms with van der Waals surface area (Å²) in [6.45, 7) is 0. The van der Waals surface area contributed by atoms with Crippen LogP contribution in [-0.4, -0.2) is 4.57 Å². The molecular weight excluding hydrogens is 941 g/mol. The van der Waals surface area contributed by atoms with Gasteiger partial charge in [0.1, 0.15) is 0 Å². The molecule has 0 unspecified atom stereocenters. The average Bonchev–Trinajstić information content (AvgIpc) is 4.19. The minimum absolute atomic E-state index is 0.0673. The van der Waals surface area contributed by atoms with Crippen molar-refractivity contribution in [2.75, 3.05) is 4.90 Å². The predicted molar refractivity (Wildman–Crippen MR) is 325 cm³/mol. The molecule has 0 saturated heterocycles. The second-order valence-corrected chi connectivity index (χ2v) is 22.2. The number of anilines is 3. The van der Waals surface area contributed by atoms with Gasteiger partial charge in [-0.1, -0.05) is 225 Å². The van der Waals surface area contributed by atoms with E-state index in [1.165, 1.54) is 140 Å². The molecule has 2 heteroatoms. The molecule has 1 aromatic heterocycles. The molecule has 0 N–H and O–H groups in total. The SMILES string of the molecule is c1ccc(C2(c3ccccc3)c3ccccc3-c3c(N(c4cccc(-c5ccc6ccccc6c5)c4)c4ccccc4-c4cc5c6c(c4)C4(CCCC4)c4ccc7c8ccccc8n(c7c4-6)-c4ccccc4-5)cccc32)cc1. The van der Waals surface area contributed by atoms with Crippen molar-refractivity contribution >= 4 is 49.6 Å². The van der Waals surface area contributed by atoms with E-state index in [1.54, 1.807) is 0 Å². The van der Waals surface area contributed by atoms with Gasteiger partial charge in [-0.3, -0.25) is 0 Å². The number of rotatable bonds is 7. The third kappa shape index (κ3) is 5.87. The number of hydrogen-bond donors (Lipinski definition) is 0. The second kappa shape index (κ2) is 16.5. The summed E-state index contributed by atoms with van der Waals surface area (Å²) in [7, 11) is 0. The molecule has 0 radical (unpaired) electrons. The minimum Gasteiger partial charge on any atom is -0.309 e. The number of hydrogen-bond acceptors (Lipinski definition) is 1. The predicted octanol–water partition coefficient (Wildman–Crippen LogP) is 19.9. The highest BCUT2D eigenvalue weighted by Gasteiger charge is 2.50. The van der Waals surface area contributed by atoms with E-state index in [0.29, 0.717) is 0 Å². The summed E-state index contributed by atoms with van der Waals surface area (Å²) in [5.74, 6) is 0. The largest absolute Gasteiger partial charge is 0.309 e. The Labute approximate surface area is 454 Å². The molecule has 12 aromatic carbocycles. The van der Waals surface area contributed by atoms with Crippen LogP contribution in [0.25, 0.3) is 93.9 Å². The van der Waals surface area contributed by atoms with Crippen molar-refractivity contribution in [3.63, 3.8) is 0 Å². The van der Waals surface area contributed by atoms with Gasteiger partial charge in [0.05, 0.1) is 33.5 Å². The molecule has 2 nitrogen and oxygen atoms in total. The molecule has 17 rings (SSSR count). The van der Waals surface area contributed by atoms with Crippen molar-refractivity contribution in [1.82, 2.24) is 4.57 Å². The third-order valence-electron chi connectivity index (χ3n) is 18.5. The van der Waals surface area contributed by atoms with Crippen LogP contribution in [0.3, 0.4) is 0 Å². The topological polar surface area (TPSA) is 8.17 Å². The molecule has 1 saturated carbocycles. The van der Waals surface area contributed by atoms with Gasteiger partial charge in [-0.15, -0.1) is 0 Å². The smallest absolute Gasteiger partial charge is 0.0714 e. The molecule has 1 spiro atoms. The maximum absolute atomic E-state index is 2.64. The first-order valence-corrected chi connectivity index (χ1v) is 27.9. The van der Waals surface area contributed by atoms with Crippen LogP contribution < -0.4 is 4.90 Å². The van der Waals surface area contributed by atoms with E-state index in [2.05, 4.69) is 276 Å². The molecule has 78 heavy (non-hydrogen) atoms. The number of benzene rings is 12. The Morgan fingerprint density at radius 3 is 1.83 bits per heavy atom. The minimum atomic E-state index is -0.558. The van der Waals surface area contributed by atoms with Crippen molar-refractivity contribution < 1.29 is 0 Å². The van der Waals surface area contributed by atoms with Gasteiger partial charge in [0.15, 0.2) is 0 Å². The van der Waals surface area contributed by atoms with Crippen molar-refractivity contribution in [3.8, 4) is 61.3 Å². The lowest BCUT2D eigenvalue weighted by Crippen LogP contribution is -2.28. The highest BCUT2D eigenvalue weighted by Crippen LogP contribution is 2.65. The van der Waals surface area contributed by atoms with Crippen molar-refractivity contribution in [2.45, 2.75) is 36.5 Å².